The van der Waals surface area contributed by atoms with E-state index in [-0.39, 0.29) is 0 Å². The van der Waals surface area contributed by atoms with Crippen molar-refractivity contribution in [1.82, 2.24) is 4.90 Å². The van der Waals surface area contributed by atoms with Gasteiger partial charge in [0, 0.05) is 6.04 Å². The summed E-state index contributed by atoms with van der Waals surface area (Å²) in [6, 6.07) is 0.717. The molecule has 0 aliphatic heterocycles. The fourth-order valence-corrected chi connectivity index (χ4v) is 1.38. The molecule has 0 aromatic carbocycles. The van der Waals surface area contributed by atoms with Gasteiger partial charge < -0.3 is 4.90 Å². The second-order valence-corrected chi connectivity index (χ2v) is 4.41. The Morgan fingerprint density at radius 1 is 1.00 bits per heavy atom. The first-order chi connectivity index (χ1) is 5.49. The second-order valence-electron chi connectivity index (χ2n) is 4.41. The summed E-state index contributed by atoms with van der Waals surface area (Å²) in [6.07, 6.45) is 2.63. The lowest BCUT2D eigenvalue weighted by molar-refractivity contribution is 0.233. The van der Waals surface area contributed by atoms with Crippen LogP contribution in [0.1, 0.15) is 40.5 Å². The van der Waals surface area contributed by atoms with Crippen molar-refractivity contribution < 1.29 is 0 Å². The molecule has 12 heavy (non-hydrogen) atoms. The van der Waals surface area contributed by atoms with Crippen LogP contribution in [0.2, 0.25) is 0 Å². The van der Waals surface area contributed by atoms with Gasteiger partial charge in [-0.05, 0) is 39.3 Å². The monoisotopic (exact) mass is 171 g/mol. The van der Waals surface area contributed by atoms with Crippen LogP contribution in [0.3, 0.4) is 0 Å². The lowest BCUT2D eigenvalue weighted by atomic mass is 9.88. The molecule has 0 aromatic rings. The minimum Gasteiger partial charge on any atom is -0.307 e. The number of nitrogens with zero attached hydrogens (tertiary/aromatic N) is 1. The van der Waals surface area contributed by atoms with Crippen molar-refractivity contribution in [3.8, 4) is 0 Å². The lowest BCUT2D eigenvalue weighted by Crippen LogP contribution is -2.28. The SMILES string of the molecule is CC[C@H](C)C(C)CC(C)N(C)C. The molecule has 2 unspecified atom stereocenters. The third-order valence-corrected chi connectivity index (χ3v) is 3.21. The van der Waals surface area contributed by atoms with Gasteiger partial charge in [-0.3, -0.25) is 0 Å². The minimum atomic E-state index is 0.717. The average molecular weight is 171 g/mol. The van der Waals surface area contributed by atoms with E-state index in [4.69, 9.17) is 0 Å². The predicted molar refractivity (Wildman–Crippen MR) is 56.4 cm³/mol. The van der Waals surface area contributed by atoms with Crippen LogP contribution in [0.25, 0.3) is 0 Å². The molecule has 0 heterocycles. The molecular weight excluding hydrogens is 146 g/mol. The standard InChI is InChI=1S/C11H25N/c1-7-9(2)10(3)8-11(4)12(5)6/h9-11H,7-8H2,1-6H3/t9-,10?,11?/m0/s1. The summed E-state index contributed by atoms with van der Waals surface area (Å²) >= 11 is 0. The lowest BCUT2D eigenvalue weighted by Gasteiger charge is -2.26. The first-order valence-electron chi connectivity index (χ1n) is 5.15. The molecule has 0 aliphatic carbocycles. The summed E-state index contributed by atoms with van der Waals surface area (Å²) in [5.74, 6) is 1.72. The fourth-order valence-electron chi connectivity index (χ4n) is 1.38. The van der Waals surface area contributed by atoms with Gasteiger partial charge in [0.1, 0.15) is 0 Å². The Hall–Kier alpha value is -0.0400. The van der Waals surface area contributed by atoms with E-state index in [1.165, 1.54) is 12.8 Å². The summed E-state index contributed by atoms with van der Waals surface area (Å²) in [6.45, 7) is 9.31. The normalized spacial score (nSPS) is 19.2. The van der Waals surface area contributed by atoms with Crippen molar-refractivity contribution in [2.75, 3.05) is 14.1 Å². The van der Waals surface area contributed by atoms with Crippen LogP contribution in [-0.2, 0) is 0 Å². The van der Waals surface area contributed by atoms with Gasteiger partial charge in [-0.2, -0.15) is 0 Å². The van der Waals surface area contributed by atoms with Gasteiger partial charge in [0.2, 0.25) is 0 Å². The zero-order chi connectivity index (χ0) is 9.72. The van der Waals surface area contributed by atoms with E-state index in [1.54, 1.807) is 0 Å². The highest BCUT2D eigenvalue weighted by atomic mass is 15.1. The molecule has 0 saturated heterocycles. The summed E-state index contributed by atoms with van der Waals surface area (Å²) in [5, 5.41) is 0. The van der Waals surface area contributed by atoms with Crippen molar-refractivity contribution in [3.05, 3.63) is 0 Å². The molecule has 0 saturated carbocycles. The van der Waals surface area contributed by atoms with Crippen LogP contribution < -0.4 is 0 Å². The van der Waals surface area contributed by atoms with Crippen LogP contribution in [0.15, 0.2) is 0 Å². The van der Waals surface area contributed by atoms with Crippen LogP contribution in [-0.4, -0.2) is 25.0 Å². The Morgan fingerprint density at radius 2 is 1.50 bits per heavy atom. The number of hydrogen-bond acceptors (Lipinski definition) is 1. The smallest absolute Gasteiger partial charge is 0.00634 e. The Morgan fingerprint density at radius 3 is 1.83 bits per heavy atom. The van der Waals surface area contributed by atoms with Gasteiger partial charge >= 0.3 is 0 Å². The Kier molecular flexibility index (Phi) is 5.56. The molecule has 3 atom stereocenters. The number of rotatable bonds is 5. The maximum atomic E-state index is 2.37. The minimum absolute atomic E-state index is 0.717. The van der Waals surface area contributed by atoms with Gasteiger partial charge in [-0.25, -0.2) is 0 Å². The molecule has 0 spiro atoms. The molecule has 0 bridgehead atoms. The van der Waals surface area contributed by atoms with Crippen LogP contribution in [0, 0.1) is 11.8 Å². The predicted octanol–water partition coefficient (Wildman–Crippen LogP) is 3.01. The number of hydrogen-bond donors (Lipinski definition) is 0. The maximum Gasteiger partial charge on any atom is 0.00634 e. The molecule has 0 N–H and O–H groups in total. The maximum absolute atomic E-state index is 2.37. The quantitative estimate of drug-likeness (QED) is 0.614. The summed E-state index contributed by atoms with van der Waals surface area (Å²) < 4.78 is 0. The van der Waals surface area contributed by atoms with Gasteiger partial charge in [0.15, 0.2) is 0 Å². The molecule has 0 rings (SSSR count). The van der Waals surface area contributed by atoms with Crippen molar-refractivity contribution in [1.29, 1.82) is 0 Å². The van der Waals surface area contributed by atoms with Crippen LogP contribution in [0.4, 0.5) is 0 Å². The third-order valence-electron chi connectivity index (χ3n) is 3.21. The van der Waals surface area contributed by atoms with E-state index in [9.17, 15) is 0 Å². The van der Waals surface area contributed by atoms with E-state index < -0.39 is 0 Å². The Bertz CT molecular complexity index is 110. The highest BCUT2D eigenvalue weighted by molar-refractivity contribution is 4.68. The third kappa shape index (κ3) is 4.10. The van der Waals surface area contributed by atoms with E-state index in [1.807, 2.05) is 0 Å². The Balaban J connectivity index is 3.75. The molecule has 0 fully saturated rings. The van der Waals surface area contributed by atoms with E-state index >= 15 is 0 Å². The highest BCUT2D eigenvalue weighted by Gasteiger charge is 2.14. The zero-order valence-electron chi connectivity index (χ0n) is 9.59. The first kappa shape index (κ1) is 12.0. The Labute approximate surface area is 78.1 Å². The molecule has 74 valence electrons. The molecule has 1 nitrogen and oxygen atoms in total. The largest absolute Gasteiger partial charge is 0.307 e. The molecular formula is C11H25N. The molecule has 0 aromatic heterocycles. The topological polar surface area (TPSA) is 3.24 Å². The average Bonchev–Trinajstić information content (AvgIpc) is 2.02. The van der Waals surface area contributed by atoms with Gasteiger partial charge in [-0.1, -0.05) is 27.2 Å². The van der Waals surface area contributed by atoms with Gasteiger partial charge in [0.05, 0.1) is 0 Å². The van der Waals surface area contributed by atoms with E-state index in [2.05, 4.69) is 46.7 Å². The van der Waals surface area contributed by atoms with Crippen molar-refractivity contribution >= 4 is 0 Å². The molecule has 1 heteroatoms. The molecule has 0 radical (unpaired) electrons. The van der Waals surface area contributed by atoms with Crippen molar-refractivity contribution in [2.24, 2.45) is 11.8 Å². The summed E-state index contributed by atoms with van der Waals surface area (Å²) in [5.41, 5.74) is 0. The molecule has 0 amide bonds. The van der Waals surface area contributed by atoms with Crippen molar-refractivity contribution in [3.63, 3.8) is 0 Å². The highest BCUT2D eigenvalue weighted by Crippen LogP contribution is 2.20. The van der Waals surface area contributed by atoms with Gasteiger partial charge in [0.25, 0.3) is 0 Å². The summed E-state index contributed by atoms with van der Waals surface area (Å²) in [4.78, 5) is 2.30. The van der Waals surface area contributed by atoms with E-state index in [0.717, 1.165) is 11.8 Å². The molecule has 0 aliphatic rings. The first-order valence-corrected chi connectivity index (χ1v) is 5.15. The van der Waals surface area contributed by atoms with E-state index in [0.29, 0.717) is 6.04 Å². The van der Waals surface area contributed by atoms with Crippen molar-refractivity contribution in [2.45, 2.75) is 46.6 Å². The summed E-state index contributed by atoms with van der Waals surface area (Å²) in [7, 11) is 4.32. The van der Waals surface area contributed by atoms with Crippen LogP contribution in [0.5, 0.6) is 0 Å². The second kappa shape index (κ2) is 5.58. The fraction of sp³-hybridized carbons (Fsp3) is 1.00. The van der Waals surface area contributed by atoms with Gasteiger partial charge in [-0.15, -0.1) is 0 Å². The zero-order valence-corrected chi connectivity index (χ0v) is 9.59. The van der Waals surface area contributed by atoms with Crippen LogP contribution >= 0.6 is 0 Å².